The number of unbranched alkanes of at least 4 members (excludes halogenated alkanes) is 1. The van der Waals surface area contributed by atoms with Gasteiger partial charge in [-0.15, -0.1) is 0 Å². The number of urea groups is 1. The first-order valence-corrected chi connectivity index (χ1v) is 7.64. The van der Waals surface area contributed by atoms with E-state index in [0.717, 1.165) is 25.0 Å². The molecule has 2 N–H and O–H groups in total. The predicted molar refractivity (Wildman–Crippen MR) is 73.9 cm³/mol. The van der Waals surface area contributed by atoms with Crippen LogP contribution in [0.1, 0.15) is 46.5 Å². The van der Waals surface area contributed by atoms with Gasteiger partial charge < -0.3 is 15.4 Å². The molecule has 2 aliphatic heterocycles. The molecule has 0 aromatic carbocycles. The van der Waals surface area contributed by atoms with Crippen LogP contribution in [0.4, 0.5) is 4.79 Å². The molecule has 2 rings (SSSR count). The lowest BCUT2D eigenvalue weighted by Gasteiger charge is -2.35. The average Bonchev–Trinajstić information content (AvgIpc) is 2.60. The molecule has 0 aromatic rings. The second-order valence-electron chi connectivity index (χ2n) is 5.86. The van der Waals surface area contributed by atoms with Crippen molar-refractivity contribution in [2.45, 2.75) is 62.8 Å². The molecular weight excluding hydrogens is 248 g/mol. The van der Waals surface area contributed by atoms with Gasteiger partial charge in [-0.05, 0) is 33.6 Å². The highest BCUT2D eigenvalue weighted by Gasteiger charge is 2.60. The molecule has 1 unspecified atom stereocenters. The largest absolute Gasteiger partial charge is 0.330 e. The fourth-order valence-electron chi connectivity index (χ4n) is 2.92. The van der Waals surface area contributed by atoms with Crippen LogP contribution in [0.15, 0.2) is 0 Å². The molecule has 0 aromatic heterocycles. The van der Waals surface area contributed by atoms with Gasteiger partial charge in [-0.1, -0.05) is 6.42 Å². The van der Waals surface area contributed by atoms with E-state index in [9.17, 15) is 9.59 Å². The Morgan fingerprint density at radius 2 is 2.11 bits per heavy atom. The lowest BCUT2D eigenvalue weighted by Crippen LogP contribution is -2.58. The molecule has 3 atom stereocenters. The highest BCUT2D eigenvalue weighted by Crippen LogP contribution is 2.47. The number of amides is 2. The van der Waals surface area contributed by atoms with Crippen molar-refractivity contribution in [3.63, 3.8) is 0 Å². The molecule has 4 nitrogen and oxygen atoms in total. The van der Waals surface area contributed by atoms with Gasteiger partial charge in [0.15, 0.2) is 0 Å². The molecule has 18 heavy (non-hydrogen) atoms. The maximum Gasteiger partial charge on any atom is 0.315 e. The van der Waals surface area contributed by atoms with Gasteiger partial charge in [-0.25, -0.2) is 4.79 Å². The fraction of sp³-hybridized carbons (Fsp3) is 0.846. The molecule has 0 spiro atoms. The second-order valence-corrected chi connectivity index (χ2v) is 7.05. The quantitative estimate of drug-likeness (QED) is 0.594. The number of hydrogen-bond donors (Lipinski definition) is 2. The first-order chi connectivity index (χ1) is 8.37. The van der Waals surface area contributed by atoms with Crippen molar-refractivity contribution in [2.24, 2.45) is 0 Å². The fourth-order valence-corrected chi connectivity index (χ4v) is 4.81. The zero-order valence-electron chi connectivity index (χ0n) is 11.3. The summed E-state index contributed by atoms with van der Waals surface area (Å²) in [4.78, 5) is 22.5. The van der Waals surface area contributed by atoms with Crippen LogP contribution in [0.3, 0.4) is 0 Å². The molecule has 102 valence electrons. The molecule has 2 saturated heterocycles. The summed E-state index contributed by atoms with van der Waals surface area (Å²) >= 11 is 1.93. The molecule has 2 aliphatic rings. The Hall–Kier alpha value is -0.710. The number of hydrogen-bond acceptors (Lipinski definition) is 3. The van der Waals surface area contributed by atoms with Crippen LogP contribution in [-0.2, 0) is 4.79 Å². The van der Waals surface area contributed by atoms with Gasteiger partial charge in [0.1, 0.15) is 5.78 Å². The van der Waals surface area contributed by atoms with Crippen molar-refractivity contribution in [2.75, 3.05) is 5.75 Å². The van der Waals surface area contributed by atoms with Gasteiger partial charge in [0, 0.05) is 17.4 Å². The summed E-state index contributed by atoms with van der Waals surface area (Å²) in [7, 11) is 0. The van der Waals surface area contributed by atoms with Crippen LogP contribution < -0.4 is 10.6 Å². The lowest BCUT2D eigenvalue weighted by molar-refractivity contribution is -0.117. The number of nitrogens with one attached hydrogen (secondary N) is 2. The van der Waals surface area contributed by atoms with Crippen LogP contribution in [0.25, 0.3) is 0 Å². The van der Waals surface area contributed by atoms with E-state index in [1.807, 2.05) is 11.8 Å². The summed E-state index contributed by atoms with van der Waals surface area (Å²) in [5.41, 5.74) is -0.301. The van der Waals surface area contributed by atoms with Gasteiger partial charge >= 0.3 is 6.03 Å². The Bertz CT molecular complexity index is 374. The van der Waals surface area contributed by atoms with Crippen molar-refractivity contribution < 1.29 is 9.59 Å². The van der Waals surface area contributed by atoms with E-state index < -0.39 is 0 Å². The molecule has 0 bridgehead atoms. The third-order valence-corrected chi connectivity index (χ3v) is 6.22. The van der Waals surface area contributed by atoms with E-state index in [0.29, 0.717) is 11.7 Å². The third kappa shape index (κ3) is 2.25. The SMILES string of the molecule is CC(=O)CCCCC1SC[C@@]2(C)NC(=O)N[C@@]12C. The first kappa shape index (κ1) is 13.7. The Labute approximate surface area is 113 Å². The zero-order valence-corrected chi connectivity index (χ0v) is 12.2. The van der Waals surface area contributed by atoms with Crippen molar-refractivity contribution in [3.05, 3.63) is 0 Å². The summed E-state index contributed by atoms with van der Waals surface area (Å²) in [5.74, 6) is 1.22. The van der Waals surface area contributed by atoms with Crippen molar-refractivity contribution in [3.8, 4) is 0 Å². The Kier molecular flexibility index (Phi) is 3.63. The number of thioether (sulfide) groups is 1. The smallest absolute Gasteiger partial charge is 0.315 e. The van der Waals surface area contributed by atoms with Gasteiger partial charge in [0.25, 0.3) is 0 Å². The minimum Gasteiger partial charge on any atom is -0.330 e. The molecule has 5 heteroatoms. The van der Waals surface area contributed by atoms with E-state index in [-0.39, 0.29) is 22.9 Å². The van der Waals surface area contributed by atoms with Gasteiger partial charge in [0.2, 0.25) is 0 Å². The molecule has 2 heterocycles. The van der Waals surface area contributed by atoms with Gasteiger partial charge in [-0.3, -0.25) is 0 Å². The first-order valence-electron chi connectivity index (χ1n) is 6.59. The van der Waals surface area contributed by atoms with Gasteiger partial charge in [-0.2, -0.15) is 11.8 Å². The third-order valence-electron chi connectivity index (χ3n) is 4.37. The molecule has 2 amide bonds. The zero-order chi connectivity index (χ0) is 13.4. The van der Waals surface area contributed by atoms with E-state index in [1.165, 1.54) is 0 Å². The maximum absolute atomic E-state index is 11.6. The number of carbonyl (C=O) groups is 2. The summed E-state index contributed by atoms with van der Waals surface area (Å²) in [5, 5.41) is 6.58. The standard InChI is InChI=1S/C13H22N2O2S/c1-9(16)6-4-5-7-10-13(3)12(2,8-18-10)14-11(17)15-13/h10H,4-8H2,1-3H3,(H2,14,15,17)/t10?,12-,13+/m1/s1. The molecule has 0 aliphatic carbocycles. The topological polar surface area (TPSA) is 58.2 Å². The normalized spacial score (nSPS) is 38.2. The molecular formula is C13H22N2O2S. The van der Waals surface area contributed by atoms with Crippen molar-refractivity contribution in [1.29, 1.82) is 0 Å². The van der Waals surface area contributed by atoms with Crippen LogP contribution in [0.5, 0.6) is 0 Å². The van der Waals surface area contributed by atoms with Crippen LogP contribution in [-0.4, -0.2) is 33.9 Å². The van der Waals surface area contributed by atoms with E-state index >= 15 is 0 Å². The Balaban J connectivity index is 1.91. The average molecular weight is 270 g/mol. The number of rotatable bonds is 5. The lowest BCUT2D eigenvalue weighted by atomic mass is 9.79. The van der Waals surface area contributed by atoms with Crippen LogP contribution in [0.2, 0.25) is 0 Å². The Morgan fingerprint density at radius 1 is 1.39 bits per heavy atom. The monoisotopic (exact) mass is 270 g/mol. The molecule has 0 radical (unpaired) electrons. The number of fused-ring (bicyclic) bond motifs is 1. The van der Waals surface area contributed by atoms with Crippen molar-refractivity contribution >= 4 is 23.6 Å². The minimum absolute atomic E-state index is 0.0472. The summed E-state index contributed by atoms with van der Waals surface area (Å²) in [6, 6.07) is -0.0472. The van der Waals surface area contributed by atoms with Crippen LogP contribution >= 0.6 is 11.8 Å². The predicted octanol–water partition coefficient (Wildman–Crippen LogP) is 2.08. The van der Waals surface area contributed by atoms with Crippen LogP contribution in [0, 0.1) is 0 Å². The summed E-state index contributed by atoms with van der Waals surface area (Å²) in [6.07, 6.45) is 3.75. The number of carbonyl (C=O) groups excluding carboxylic acids is 2. The van der Waals surface area contributed by atoms with E-state index in [2.05, 4.69) is 24.5 Å². The van der Waals surface area contributed by atoms with Gasteiger partial charge in [0.05, 0.1) is 11.1 Å². The summed E-state index contributed by atoms with van der Waals surface area (Å²) in [6.45, 7) is 5.90. The minimum atomic E-state index is -0.162. The summed E-state index contributed by atoms with van der Waals surface area (Å²) < 4.78 is 0. The number of ketones is 1. The van der Waals surface area contributed by atoms with E-state index in [1.54, 1.807) is 6.92 Å². The molecule has 0 saturated carbocycles. The highest BCUT2D eigenvalue weighted by molar-refractivity contribution is 8.00. The molecule has 2 fully saturated rings. The number of Topliss-reactive ketones (excluding diaryl/α,β-unsaturated/α-hetero) is 1. The maximum atomic E-state index is 11.6. The second kappa shape index (κ2) is 4.76. The Morgan fingerprint density at radius 3 is 2.78 bits per heavy atom. The highest BCUT2D eigenvalue weighted by atomic mass is 32.2. The van der Waals surface area contributed by atoms with E-state index in [4.69, 9.17) is 0 Å². The van der Waals surface area contributed by atoms with Crippen molar-refractivity contribution in [1.82, 2.24) is 10.6 Å².